The first-order chi connectivity index (χ1) is 11.0. The molecule has 0 heterocycles. The number of ether oxygens (including phenoxy) is 1. The van der Waals surface area contributed by atoms with Gasteiger partial charge < -0.3 is 15.8 Å². The number of quaternary nitrogens is 1. The summed E-state index contributed by atoms with van der Waals surface area (Å²) < 4.78 is 28.8. The highest BCUT2D eigenvalue weighted by molar-refractivity contribution is 5.77. The van der Waals surface area contributed by atoms with Crippen LogP contribution < -0.4 is 15.8 Å². The Balaban J connectivity index is 2.28. The maximum absolute atomic E-state index is 12.2. The normalized spacial score (nSPS) is 13.6. The van der Waals surface area contributed by atoms with E-state index >= 15 is 0 Å². The van der Waals surface area contributed by atoms with Gasteiger partial charge in [-0.05, 0) is 31.2 Å². The first-order valence-electron chi connectivity index (χ1n) is 7.21. The molecule has 2 aromatic rings. The lowest BCUT2D eigenvalue weighted by Gasteiger charge is -2.19. The number of rotatable bonds is 7. The standard InChI is InChI=1S/C17H18F2N2O2/c1-11(16(20)22)21-15(12-5-3-2-4-6-12)13-7-9-14(10-8-13)23-17(18)19/h2-11,15,17,21H,1H3,(H2,20,22)/p+1/t11-,15-/m0/s1. The van der Waals surface area contributed by atoms with E-state index in [9.17, 15) is 13.6 Å². The van der Waals surface area contributed by atoms with E-state index in [-0.39, 0.29) is 11.8 Å². The van der Waals surface area contributed by atoms with Gasteiger partial charge in [0.15, 0.2) is 6.04 Å². The first-order valence-corrected chi connectivity index (χ1v) is 7.21. The van der Waals surface area contributed by atoms with Crippen molar-refractivity contribution in [1.29, 1.82) is 0 Å². The average molecular weight is 321 g/mol. The lowest BCUT2D eigenvalue weighted by atomic mass is 9.97. The molecule has 0 fully saturated rings. The van der Waals surface area contributed by atoms with Gasteiger partial charge >= 0.3 is 6.61 Å². The predicted molar refractivity (Wildman–Crippen MR) is 81.9 cm³/mol. The van der Waals surface area contributed by atoms with Gasteiger partial charge in [0, 0.05) is 11.1 Å². The lowest BCUT2D eigenvalue weighted by molar-refractivity contribution is -0.704. The zero-order valence-corrected chi connectivity index (χ0v) is 12.7. The van der Waals surface area contributed by atoms with E-state index in [2.05, 4.69) is 4.74 Å². The summed E-state index contributed by atoms with van der Waals surface area (Å²) in [4.78, 5) is 11.4. The Morgan fingerprint density at radius 1 is 1.04 bits per heavy atom. The second kappa shape index (κ2) is 7.69. The summed E-state index contributed by atoms with van der Waals surface area (Å²) in [5.41, 5.74) is 7.20. The number of hydrogen-bond donors (Lipinski definition) is 2. The fraction of sp³-hybridized carbons (Fsp3) is 0.235. The van der Waals surface area contributed by atoms with Gasteiger partial charge in [0.2, 0.25) is 0 Å². The third kappa shape index (κ3) is 4.75. The van der Waals surface area contributed by atoms with Crippen LogP contribution in [0, 0.1) is 0 Å². The molecular weight excluding hydrogens is 302 g/mol. The Bertz CT molecular complexity index is 633. The van der Waals surface area contributed by atoms with Crippen molar-refractivity contribution in [2.24, 2.45) is 5.73 Å². The molecule has 4 nitrogen and oxygen atoms in total. The van der Waals surface area contributed by atoms with E-state index in [4.69, 9.17) is 5.73 Å². The summed E-state index contributed by atoms with van der Waals surface area (Å²) in [6.07, 6.45) is 0. The molecule has 1 amide bonds. The van der Waals surface area contributed by atoms with Gasteiger partial charge in [-0.3, -0.25) is 4.79 Å². The first kappa shape index (κ1) is 16.9. The predicted octanol–water partition coefficient (Wildman–Crippen LogP) is 1.81. The molecular formula is C17H19F2N2O2+. The highest BCUT2D eigenvalue weighted by Crippen LogP contribution is 2.22. The third-order valence-corrected chi connectivity index (χ3v) is 3.55. The molecule has 0 saturated heterocycles. The van der Waals surface area contributed by atoms with E-state index in [0.717, 1.165) is 11.1 Å². The molecule has 0 aromatic heterocycles. The molecule has 0 radical (unpaired) electrons. The monoisotopic (exact) mass is 321 g/mol. The number of halogens is 2. The number of carbonyl (C=O) groups is 1. The average Bonchev–Trinajstić information content (AvgIpc) is 2.53. The van der Waals surface area contributed by atoms with Crippen LogP contribution in [-0.4, -0.2) is 18.6 Å². The molecule has 4 N–H and O–H groups in total. The van der Waals surface area contributed by atoms with Gasteiger partial charge in [-0.25, -0.2) is 0 Å². The number of primary amides is 1. The van der Waals surface area contributed by atoms with Gasteiger partial charge in [0.05, 0.1) is 0 Å². The third-order valence-electron chi connectivity index (χ3n) is 3.55. The summed E-state index contributed by atoms with van der Waals surface area (Å²) in [6.45, 7) is -1.13. The van der Waals surface area contributed by atoms with Crippen molar-refractivity contribution in [1.82, 2.24) is 0 Å². The molecule has 6 heteroatoms. The van der Waals surface area contributed by atoms with Crippen molar-refractivity contribution < 1.29 is 23.6 Å². The zero-order valence-electron chi connectivity index (χ0n) is 12.7. The second-order valence-corrected chi connectivity index (χ2v) is 5.22. The van der Waals surface area contributed by atoms with Crippen LogP contribution >= 0.6 is 0 Å². The number of alkyl halides is 2. The van der Waals surface area contributed by atoms with Gasteiger partial charge in [0.1, 0.15) is 11.8 Å². The smallest absolute Gasteiger partial charge is 0.387 e. The number of amides is 1. The molecule has 2 aromatic carbocycles. The highest BCUT2D eigenvalue weighted by Gasteiger charge is 2.23. The molecule has 122 valence electrons. The maximum atomic E-state index is 12.2. The molecule has 0 unspecified atom stereocenters. The zero-order chi connectivity index (χ0) is 16.8. The fourth-order valence-corrected chi connectivity index (χ4v) is 2.32. The van der Waals surface area contributed by atoms with E-state index in [1.165, 1.54) is 12.1 Å². The lowest BCUT2D eigenvalue weighted by Crippen LogP contribution is -2.92. The molecule has 2 rings (SSSR count). The molecule has 2 atom stereocenters. The van der Waals surface area contributed by atoms with Crippen LogP contribution in [0.3, 0.4) is 0 Å². The minimum atomic E-state index is -2.85. The van der Waals surface area contributed by atoms with Crippen molar-refractivity contribution in [2.45, 2.75) is 25.6 Å². The SMILES string of the molecule is C[C@H]([NH2+][C@@H](c1ccccc1)c1ccc(OC(F)F)cc1)C(N)=O. The highest BCUT2D eigenvalue weighted by atomic mass is 19.3. The molecule has 23 heavy (non-hydrogen) atoms. The Labute approximate surface area is 133 Å². The summed E-state index contributed by atoms with van der Waals surface area (Å²) in [6, 6.07) is 15.4. The molecule has 0 saturated carbocycles. The van der Waals surface area contributed by atoms with Crippen molar-refractivity contribution in [3.05, 3.63) is 65.7 Å². The van der Waals surface area contributed by atoms with Crippen LogP contribution in [0.25, 0.3) is 0 Å². The maximum Gasteiger partial charge on any atom is 0.387 e. The van der Waals surface area contributed by atoms with Crippen molar-refractivity contribution in [3.63, 3.8) is 0 Å². The van der Waals surface area contributed by atoms with Crippen LogP contribution in [0.2, 0.25) is 0 Å². The second-order valence-electron chi connectivity index (χ2n) is 5.22. The van der Waals surface area contributed by atoms with Gasteiger partial charge in [-0.2, -0.15) is 8.78 Å². The summed E-state index contributed by atoms with van der Waals surface area (Å²) >= 11 is 0. The van der Waals surface area contributed by atoms with Gasteiger partial charge in [-0.15, -0.1) is 0 Å². The topological polar surface area (TPSA) is 68.9 Å². The Kier molecular flexibility index (Phi) is 5.65. The molecule has 0 aliphatic carbocycles. The van der Waals surface area contributed by atoms with Crippen molar-refractivity contribution in [3.8, 4) is 5.75 Å². The van der Waals surface area contributed by atoms with Crippen molar-refractivity contribution >= 4 is 5.91 Å². The number of hydrogen-bond acceptors (Lipinski definition) is 2. The molecule has 0 aliphatic heterocycles. The van der Waals surface area contributed by atoms with E-state index < -0.39 is 18.6 Å². The number of nitrogens with two attached hydrogens (primary N) is 2. The minimum absolute atomic E-state index is 0.0958. The van der Waals surface area contributed by atoms with Crippen LogP contribution in [0.4, 0.5) is 8.78 Å². The fourth-order valence-electron chi connectivity index (χ4n) is 2.32. The van der Waals surface area contributed by atoms with Crippen LogP contribution in [0.15, 0.2) is 54.6 Å². The molecule has 0 bridgehead atoms. The molecule has 0 spiro atoms. The number of carbonyl (C=O) groups excluding carboxylic acids is 1. The van der Waals surface area contributed by atoms with Gasteiger partial charge in [0.25, 0.3) is 5.91 Å². The van der Waals surface area contributed by atoms with E-state index in [1.54, 1.807) is 19.1 Å². The van der Waals surface area contributed by atoms with E-state index in [1.807, 2.05) is 35.6 Å². The quantitative estimate of drug-likeness (QED) is 0.817. The van der Waals surface area contributed by atoms with Gasteiger partial charge in [-0.1, -0.05) is 30.3 Å². The number of benzene rings is 2. The van der Waals surface area contributed by atoms with Crippen LogP contribution in [0.1, 0.15) is 24.1 Å². The van der Waals surface area contributed by atoms with Crippen LogP contribution in [-0.2, 0) is 4.79 Å². The summed E-state index contributed by atoms with van der Waals surface area (Å²) in [5, 5.41) is 1.85. The minimum Gasteiger partial charge on any atom is -0.435 e. The summed E-state index contributed by atoms with van der Waals surface area (Å²) in [7, 11) is 0. The Hall–Kier alpha value is -2.47. The summed E-state index contributed by atoms with van der Waals surface area (Å²) in [5.74, 6) is -0.318. The largest absolute Gasteiger partial charge is 0.435 e. The Morgan fingerprint density at radius 3 is 2.13 bits per heavy atom. The van der Waals surface area contributed by atoms with Crippen molar-refractivity contribution in [2.75, 3.05) is 0 Å². The Morgan fingerprint density at radius 2 is 1.61 bits per heavy atom. The molecule has 0 aliphatic rings. The van der Waals surface area contributed by atoms with Crippen LogP contribution in [0.5, 0.6) is 5.75 Å². The van der Waals surface area contributed by atoms with E-state index in [0.29, 0.717) is 0 Å².